The highest BCUT2D eigenvalue weighted by atomic mass is 16.5. The number of carbonyl (C=O) groups excluding carboxylic acids is 3. The topological polar surface area (TPSA) is 126 Å². The number of nitrogens with zero attached hydrogens (tertiary/aromatic N) is 1. The second kappa shape index (κ2) is 11.4. The van der Waals surface area contributed by atoms with Gasteiger partial charge in [0.1, 0.15) is 17.6 Å². The van der Waals surface area contributed by atoms with Crippen molar-refractivity contribution in [2.75, 3.05) is 20.2 Å². The van der Waals surface area contributed by atoms with Gasteiger partial charge in [-0.15, -0.1) is 0 Å². The number of furan rings is 2. The standard InChI is InChI=1S/C26H28N4O6/c1-3-34-25(32)22-20(28-26(33)29-23(22)21-7-5-13-36-21)16-30(15-19-6-4-12-35-19)14-17-8-10-18(11-9-17)24(31)27-2/h4-13,23H,3,14-16H2,1-2H3,(H,27,31)(H2,28,29,33). The third kappa shape index (κ3) is 5.84. The van der Waals surface area contributed by atoms with Gasteiger partial charge in [-0.2, -0.15) is 0 Å². The average Bonchev–Trinajstić information content (AvgIpc) is 3.58. The summed E-state index contributed by atoms with van der Waals surface area (Å²) in [6.45, 7) is 3.00. The lowest BCUT2D eigenvalue weighted by atomic mass is 9.99. The van der Waals surface area contributed by atoms with E-state index >= 15 is 0 Å². The van der Waals surface area contributed by atoms with Gasteiger partial charge >= 0.3 is 12.0 Å². The Balaban J connectivity index is 1.67. The number of carbonyl (C=O) groups is 3. The maximum Gasteiger partial charge on any atom is 0.338 e. The van der Waals surface area contributed by atoms with Crippen molar-refractivity contribution in [1.29, 1.82) is 0 Å². The van der Waals surface area contributed by atoms with E-state index < -0.39 is 18.0 Å². The molecular weight excluding hydrogens is 464 g/mol. The van der Waals surface area contributed by atoms with Crippen LogP contribution in [0.15, 0.2) is 81.2 Å². The van der Waals surface area contributed by atoms with Gasteiger partial charge in [0.2, 0.25) is 0 Å². The van der Waals surface area contributed by atoms with Crippen LogP contribution in [0.5, 0.6) is 0 Å². The Morgan fingerprint density at radius 2 is 1.78 bits per heavy atom. The molecule has 3 heterocycles. The van der Waals surface area contributed by atoms with Crippen LogP contribution in [0.2, 0.25) is 0 Å². The Bertz CT molecular complexity index is 1220. The fraction of sp³-hybridized carbons (Fsp3) is 0.269. The Morgan fingerprint density at radius 3 is 2.42 bits per heavy atom. The highest BCUT2D eigenvalue weighted by molar-refractivity contribution is 5.95. The largest absolute Gasteiger partial charge is 0.468 e. The zero-order valence-corrected chi connectivity index (χ0v) is 20.1. The van der Waals surface area contributed by atoms with Crippen LogP contribution in [0.4, 0.5) is 4.79 Å². The van der Waals surface area contributed by atoms with E-state index in [9.17, 15) is 14.4 Å². The van der Waals surface area contributed by atoms with Crippen molar-refractivity contribution < 1.29 is 28.0 Å². The molecule has 3 amide bonds. The molecule has 0 bridgehead atoms. The average molecular weight is 493 g/mol. The van der Waals surface area contributed by atoms with Gasteiger partial charge in [0.15, 0.2) is 0 Å². The molecule has 36 heavy (non-hydrogen) atoms. The molecule has 0 spiro atoms. The molecule has 0 saturated heterocycles. The summed E-state index contributed by atoms with van der Waals surface area (Å²) in [5.74, 6) is 0.430. The van der Waals surface area contributed by atoms with E-state index in [1.807, 2.05) is 23.1 Å². The van der Waals surface area contributed by atoms with Crippen LogP contribution >= 0.6 is 0 Å². The van der Waals surface area contributed by atoms with E-state index in [-0.39, 0.29) is 24.6 Å². The number of urea groups is 1. The van der Waals surface area contributed by atoms with Gasteiger partial charge in [-0.3, -0.25) is 9.69 Å². The summed E-state index contributed by atoms with van der Waals surface area (Å²) in [7, 11) is 1.58. The molecule has 1 aromatic carbocycles. The van der Waals surface area contributed by atoms with Crippen molar-refractivity contribution in [1.82, 2.24) is 20.9 Å². The minimum absolute atomic E-state index is 0.167. The molecule has 10 nitrogen and oxygen atoms in total. The zero-order chi connectivity index (χ0) is 25.5. The van der Waals surface area contributed by atoms with Gasteiger partial charge in [-0.05, 0) is 48.9 Å². The molecule has 1 aliphatic heterocycles. The van der Waals surface area contributed by atoms with Crippen molar-refractivity contribution in [2.24, 2.45) is 0 Å². The Hall–Kier alpha value is -4.31. The molecule has 0 saturated carbocycles. The maximum atomic E-state index is 13.0. The Labute approximate surface area is 208 Å². The number of amides is 3. The van der Waals surface area contributed by atoms with Crippen molar-refractivity contribution in [3.05, 3.63) is 95.0 Å². The van der Waals surface area contributed by atoms with Crippen LogP contribution in [0.3, 0.4) is 0 Å². The van der Waals surface area contributed by atoms with Gasteiger partial charge in [0.05, 0.1) is 31.3 Å². The number of rotatable bonds is 10. The third-order valence-electron chi connectivity index (χ3n) is 5.67. The summed E-state index contributed by atoms with van der Waals surface area (Å²) < 4.78 is 16.4. The van der Waals surface area contributed by atoms with Crippen LogP contribution in [-0.2, 0) is 22.6 Å². The van der Waals surface area contributed by atoms with Crippen molar-refractivity contribution >= 4 is 17.9 Å². The molecule has 0 aliphatic carbocycles. The van der Waals surface area contributed by atoms with Crippen LogP contribution in [0.25, 0.3) is 0 Å². The minimum Gasteiger partial charge on any atom is -0.468 e. The summed E-state index contributed by atoms with van der Waals surface area (Å²) in [6, 6.07) is 13.0. The van der Waals surface area contributed by atoms with Crippen LogP contribution in [-0.4, -0.2) is 43.0 Å². The molecular formula is C26H28N4O6. The van der Waals surface area contributed by atoms with E-state index in [0.29, 0.717) is 30.1 Å². The fourth-order valence-corrected chi connectivity index (χ4v) is 4.04. The zero-order valence-electron chi connectivity index (χ0n) is 20.1. The number of ether oxygens (including phenoxy) is 1. The van der Waals surface area contributed by atoms with Crippen LogP contribution in [0.1, 0.15) is 40.4 Å². The van der Waals surface area contributed by atoms with E-state index in [2.05, 4.69) is 16.0 Å². The minimum atomic E-state index is -0.792. The summed E-state index contributed by atoms with van der Waals surface area (Å²) in [4.78, 5) is 39.5. The molecule has 10 heteroatoms. The van der Waals surface area contributed by atoms with Crippen LogP contribution in [0, 0.1) is 0 Å². The second-order valence-electron chi connectivity index (χ2n) is 8.16. The lowest BCUT2D eigenvalue weighted by Crippen LogP contribution is -2.48. The predicted octanol–water partition coefficient (Wildman–Crippen LogP) is 3.11. The lowest BCUT2D eigenvalue weighted by Gasteiger charge is -2.31. The van der Waals surface area contributed by atoms with E-state index in [4.69, 9.17) is 13.6 Å². The molecule has 0 fully saturated rings. The molecule has 3 aromatic rings. The van der Waals surface area contributed by atoms with Crippen molar-refractivity contribution in [2.45, 2.75) is 26.1 Å². The molecule has 1 atom stereocenters. The van der Waals surface area contributed by atoms with E-state index in [0.717, 1.165) is 11.3 Å². The second-order valence-corrected chi connectivity index (χ2v) is 8.16. The van der Waals surface area contributed by atoms with Gasteiger partial charge in [-0.25, -0.2) is 9.59 Å². The SMILES string of the molecule is CCOC(=O)C1=C(CN(Cc2ccc(C(=O)NC)cc2)Cc2ccco2)NC(=O)NC1c1ccco1. The predicted molar refractivity (Wildman–Crippen MR) is 129 cm³/mol. The normalized spacial score (nSPS) is 15.4. The molecule has 4 rings (SSSR count). The molecule has 188 valence electrons. The van der Waals surface area contributed by atoms with Gasteiger partial charge in [-0.1, -0.05) is 12.1 Å². The van der Waals surface area contributed by atoms with Crippen molar-refractivity contribution in [3.8, 4) is 0 Å². The summed E-state index contributed by atoms with van der Waals surface area (Å²) in [6.07, 6.45) is 3.08. The summed E-state index contributed by atoms with van der Waals surface area (Å²) >= 11 is 0. The first-order chi connectivity index (χ1) is 17.5. The van der Waals surface area contributed by atoms with Gasteiger partial charge in [0.25, 0.3) is 5.91 Å². The number of hydrogen-bond acceptors (Lipinski definition) is 7. The number of hydrogen-bond donors (Lipinski definition) is 3. The molecule has 3 N–H and O–H groups in total. The molecule has 0 radical (unpaired) electrons. The summed E-state index contributed by atoms with van der Waals surface area (Å²) in [5.41, 5.74) is 2.17. The van der Waals surface area contributed by atoms with E-state index in [1.165, 1.54) is 6.26 Å². The Morgan fingerprint density at radius 1 is 1.03 bits per heavy atom. The number of benzene rings is 1. The fourth-order valence-electron chi connectivity index (χ4n) is 4.04. The quantitative estimate of drug-likeness (QED) is 0.371. The molecule has 1 unspecified atom stereocenters. The van der Waals surface area contributed by atoms with Crippen LogP contribution < -0.4 is 16.0 Å². The smallest absolute Gasteiger partial charge is 0.338 e. The number of nitrogens with one attached hydrogen (secondary N) is 3. The van der Waals surface area contributed by atoms with Gasteiger partial charge in [0, 0.05) is 31.4 Å². The Kier molecular flexibility index (Phi) is 7.86. The number of esters is 1. The highest BCUT2D eigenvalue weighted by Gasteiger charge is 2.36. The summed E-state index contributed by atoms with van der Waals surface area (Å²) in [5, 5.41) is 8.14. The highest BCUT2D eigenvalue weighted by Crippen LogP contribution is 2.29. The molecule has 1 aliphatic rings. The maximum absolute atomic E-state index is 13.0. The van der Waals surface area contributed by atoms with E-state index in [1.54, 1.807) is 50.6 Å². The van der Waals surface area contributed by atoms with Gasteiger partial charge < -0.3 is 29.5 Å². The molecule has 2 aromatic heterocycles. The first kappa shape index (κ1) is 24.8. The third-order valence-corrected chi connectivity index (χ3v) is 5.67. The monoisotopic (exact) mass is 492 g/mol. The first-order valence-electron chi connectivity index (χ1n) is 11.5. The first-order valence-corrected chi connectivity index (χ1v) is 11.5. The van der Waals surface area contributed by atoms with Crippen molar-refractivity contribution in [3.63, 3.8) is 0 Å². The lowest BCUT2D eigenvalue weighted by molar-refractivity contribution is -0.139.